The summed E-state index contributed by atoms with van der Waals surface area (Å²) in [5, 5.41) is 11.5. The van der Waals surface area contributed by atoms with Gasteiger partial charge in [0.05, 0.1) is 0 Å². The summed E-state index contributed by atoms with van der Waals surface area (Å²) in [6.07, 6.45) is 6.46. The van der Waals surface area contributed by atoms with Crippen LogP contribution in [0.1, 0.15) is 22.3 Å². The van der Waals surface area contributed by atoms with E-state index in [0.29, 0.717) is 5.69 Å². The van der Waals surface area contributed by atoms with Crippen molar-refractivity contribution in [2.75, 3.05) is 5.73 Å². The molecule has 0 saturated heterocycles. The van der Waals surface area contributed by atoms with Gasteiger partial charge in [0.1, 0.15) is 5.76 Å². The molecule has 0 atom stereocenters. The maximum absolute atomic E-state index is 9.40. The first-order chi connectivity index (χ1) is 18.1. The highest BCUT2D eigenvalue weighted by Gasteiger charge is 2.09. The highest BCUT2D eigenvalue weighted by molar-refractivity contribution is 5.99. The number of nitrogen functional groups attached to an aromatic ring is 1. The molecule has 0 amide bonds. The molecule has 0 aliphatic carbocycles. The van der Waals surface area contributed by atoms with Gasteiger partial charge in [0.2, 0.25) is 0 Å². The third kappa shape index (κ3) is 5.55. The zero-order valence-electron chi connectivity index (χ0n) is 20.6. The Balaban J connectivity index is 1.52. The number of aliphatic hydroxyl groups is 1. The number of rotatable bonds is 7. The minimum absolute atomic E-state index is 0.00166. The van der Waals surface area contributed by atoms with Gasteiger partial charge in [-0.2, -0.15) is 0 Å². The van der Waals surface area contributed by atoms with Crippen LogP contribution in [0.5, 0.6) is 0 Å². The smallest absolute Gasteiger partial charge is 0.108 e. The number of anilines is 1. The van der Waals surface area contributed by atoms with Gasteiger partial charge in [0, 0.05) is 11.1 Å². The first-order valence-electron chi connectivity index (χ1n) is 12.4. The summed E-state index contributed by atoms with van der Waals surface area (Å²) < 4.78 is 0. The monoisotopic (exact) mass is 479 g/mol. The van der Waals surface area contributed by atoms with Crippen LogP contribution in [-0.2, 0) is 6.42 Å². The number of benzene rings is 5. The highest BCUT2D eigenvalue weighted by Crippen LogP contribution is 2.32. The number of fused-ring (bicyclic) bond motifs is 1. The van der Waals surface area contributed by atoms with Crippen LogP contribution in [0.4, 0.5) is 5.69 Å². The lowest BCUT2D eigenvalue weighted by atomic mass is 9.92. The van der Waals surface area contributed by atoms with Crippen LogP contribution < -0.4 is 5.73 Å². The zero-order valence-corrected chi connectivity index (χ0v) is 20.6. The van der Waals surface area contributed by atoms with Crippen LogP contribution in [0.3, 0.4) is 0 Å². The molecule has 0 bridgehead atoms. The fraction of sp³-hybridized carbons (Fsp3) is 0.0286. The van der Waals surface area contributed by atoms with E-state index in [0.717, 1.165) is 28.3 Å². The molecule has 2 heteroatoms. The molecule has 180 valence electrons. The van der Waals surface area contributed by atoms with Crippen molar-refractivity contribution < 1.29 is 5.11 Å². The summed E-state index contributed by atoms with van der Waals surface area (Å²) in [6.45, 7) is 3.50. The second-order valence-electron chi connectivity index (χ2n) is 9.08. The third-order valence-corrected chi connectivity index (χ3v) is 6.52. The highest BCUT2D eigenvalue weighted by atomic mass is 16.3. The van der Waals surface area contributed by atoms with Crippen molar-refractivity contribution in [3.8, 4) is 11.1 Å². The van der Waals surface area contributed by atoms with Gasteiger partial charge in [-0.15, -0.1) is 0 Å². The normalized spacial score (nSPS) is 11.7. The van der Waals surface area contributed by atoms with E-state index in [4.69, 9.17) is 5.73 Å². The quantitative estimate of drug-likeness (QED) is 0.139. The van der Waals surface area contributed by atoms with Crippen LogP contribution in [0.2, 0.25) is 0 Å². The summed E-state index contributed by atoms with van der Waals surface area (Å²) in [4.78, 5) is 0. The Morgan fingerprint density at radius 2 is 1.46 bits per heavy atom. The largest absolute Gasteiger partial charge is 0.509 e. The van der Waals surface area contributed by atoms with E-state index in [1.165, 1.54) is 27.8 Å². The molecule has 2 nitrogen and oxygen atoms in total. The Kier molecular flexibility index (Phi) is 7.00. The molecule has 0 aliphatic rings. The van der Waals surface area contributed by atoms with Gasteiger partial charge in [0.25, 0.3) is 0 Å². The molecule has 3 N–H and O–H groups in total. The molecular formula is C35H29NO. The molecule has 0 aliphatic heterocycles. The standard InChI is InChI=1S/C35H29NO/c1-25(37)15-17-29-18-19-32-24-31(20-22-34(32)35(29)36)33(28-12-6-3-7-13-28)21-16-26-9-8-14-30(23-26)27-10-4-2-5-11-27/h2-15,17-24,37H,1,16,36H2/b17-15-,33-21-. The van der Waals surface area contributed by atoms with Crippen molar-refractivity contribution >= 4 is 28.1 Å². The molecule has 0 aromatic heterocycles. The molecular weight excluding hydrogens is 450 g/mol. The maximum Gasteiger partial charge on any atom is 0.108 e. The first kappa shape index (κ1) is 23.9. The summed E-state index contributed by atoms with van der Waals surface area (Å²) in [5.74, 6) is 0.00166. The molecule has 0 spiro atoms. The molecule has 5 aromatic rings. The van der Waals surface area contributed by atoms with Crippen molar-refractivity contribution in [1.29, 1.82) is 0 Å². The molecule has 37 heavy (non-hydrogen) atoms. The lowest BCUT2D eigenvalue weighted by Crippen LogP contribution is -1.94. The number of hydrogen-bond donors (Lipinski definition) is 2. The van der Waals surface area contributed by atoms with Crippen LogP contribution >= 0.6 is 0 Å². The minimum atomic E-state index is 0.00166. The maximum atomic E-state index is 9.40. The van der Waals surface area contributed by atoms with E-state index < -0.39 is 0 Å². The lowest BCUT2D eigenvalue weighted by Gasteiger charge is -2.13. The van der Waals surface area contributed by atoms with Crippen molar-refractivity contribution in [2.45, 2.75) is 6.42 Å². The summed E-state index contributed by atoms with van der Waals surface area (Å²) >= 11 is 0. The number of aliphatic hydroxyl groups excluding tert-OH is 1. The molecule has 0 heterocycles. The summed E-state index contributed by atoms with van der Waals surface area (Å²) in [7, 11) is 0. The summed E-state index contributed by atoms with van der Waals surface area (Å²) in [6, 6.07) is 40.2. The van der Waals surface area contributed by atoms with Crippen LogP contribution in [0.15, 0.2) is 140 Å². The first-order valence-corrected chi connectivity index (χ1v) is 12.4. The molecule has 0 radical (unpaired) electrons. The van der Waals surface area contributed by atoms with Crippen molar-refractivity contribution in [2.24, 2.45) is 0 Å². The zero-order chi connectivity index (χ0) is 25.6. The fourth-order valence-corrected chi connectivity index (χ4v) is 4.62. The molecule has 0 unspecified atom stereocenters. The third-order valence-electron chi connectivity index (χ3n) is 6.52. The fourth-order valence-electron chi connectivity index (χ4n) is 4.62. The average molecular weight is 480 g/mol. The van der Waals surface area contributed by atoms with Gasteiger partial charge < -0.3 is 10.8 Å². The van der Waals surface area contributed by atoms with E-state index in [2.05, 4.69) is 110 Å². The molecule has 5 aromatic carbocycles. The average Bonchev–Trinajstić information content (AvgIpc) is 2.94. The van der Waals surface area contributed by atoms with Crippen molar-refractivity contribution in [3.05, 3.63) is 162 Å². The van der Waals surface area contributed by atoms with E-state index in [9.17, 15) is 5.11 Å². The van der Waals surface area contributed by atoms with E-state index >= 15 is 0 Å². The molecule has 0 saturated carbocycles. The van der Waals surface area contributed by atoms with Gasteiger partial charge in [-0.05, 0) is 69.0 Å². The Morgan fingerprint density at radius 3 is 2.22 bits per heavy atom. The predicted molar refractivity (Wildman–Crippen MR) is 158 cm³/mol. The van der Waals surface area contributed by atoms with Crippen molar-refractivity contribution in [1.82, 2.24) is 0 Å². The van der Waals surface area contributed by atoms with E-state index in [-0.39, 0.29) is 5.76 Å². The number of nitrogens with two attached hydrogens (primary N) is 1. The van der Waals surface area contributed by atoms with E-state index in [1.54, 1.807) is 12.2 Å². The SMILES string of the molecule is C=C(O)/C=C\c1ccc2cc(/C(=C\Cc3cccc(-c4ccccc4)c3)c3ccccc3)ccc2c1N. The van der Waals surface area contributed by atoms with Crippen LogP contribution in [0, 0.1) is 0 Å². The Bertz CT molecular complexity index is 1610. The second kappa shape index (κ2) is 10.8. The Morgan fingerprint density at radius 1 is 0.730 bits per heavy atom. The molecule has 0 fully saturated rings. The van der Waals surface area contributed by atoms with Gasteiger partial charge in [-0.25, -0.2) is 0 Å². The van der Waals surface area contributed by atoms with Crippen molar-refractivity contribution in [3.63, 3.8) is 0 Å². The Labute approximate surface area is 218 Å². The number of allylic oxidation sites excluding steroid dienone is 2. The lowest BCUT2D eigenvalue weighted by molar-refractivity contribution is 0.436. The van der Waals surface area contributed by atoms with Gasteiger partial charge in [-0.3, -0.25) is 0 Å². The van der Waals surface area contributed by atoms with Gasteiger partial charge in [-0.1, -0.05) is 122 Å². The summed E-state index contributed by atoms with van der Waals surface area (Å²) in [5.41, 5.74) is 15.2. The Hall–Kier alpha value is -4.82. The predicted octanol–water partition coefficient (Wildman–Crippen LogP) is 8.85. The minimum Gasteiger partial charge on any atom is -0.509 e. The molecule has 5 rings (SSSR count). The second-order valence-corrected chi connectivity index (χ2v) is 9.08. The van der Waals surface area contributed by atoms with Gasteiger partial charge in [0.15, 0.2) is 0 Å². The van der Waals surface area contributed by atoms with Crippen LogP contribution in [-0.4, -0.2) is 5.11 Å². The van der Waals surface area contributed by atoms with Gasteiger partial charge >= 0.3 is 0 Å². The van der Waals surface area contributed by atoms with Crippen LogP contribution in [0.25, 0.3) is 33.5 Å². The number of hydrogen-bond acceptors (Lipinski definition) is 2. The topological polar surface area (TPSA) is 46.2 Å². The van der Waals surface area contributed by atoms with E-state index in [1.807, 2.05) is 18.2 Å².